The highest BCUT2D eigenvalue weighted by molar-refractivity contribution is 5.95. The molecule has 8 heteroatoms. The van der Waals surface area contributed by atoms with E-state index in [1.807, 2.05) is 84.3 Å². The summed E-state index contributed by atoms with van der Waals surface area (Å²) < 4.78 is 0. The number of pyridine rings is 2. The third kappa shape index (κ3) is 6.24. The van der Waals surface area contributed by atoms with Crippen LogP contribution >= 0.6 is 0 Å². The highest BCUT2D eigenvalue weighted by Gasteiger charge is 2.18. The SMILES string of the molecule is CCN(c1ccccc1)c1ncccc1C(=O)O.CCN(c1ccccc1)c1ncccc1C(=O)O. The first-order valence-corrected chi connectivity index (χ1v) is 11.5. The smallest absolute Gasteiger partial charge is 0.339 e. The normalized spacial score (nSPS) is 10.1. The van der Waals surface area contributed by atoms with Gasteiger partial charge in [-0.05, 0) is 62.4 Å². The van der Waals surface area contributed by atoms with Gasteiger partial charge in [0.05, 0.1) is 0 Å². The summed E-state index contributed by atoms with van der Waals surface area (Å²) in [5, 5.41) is 18.4. The second kappa shape index (κ2) is 12.7. The summed E-state index contributed by atoms with van der Waals surface area (Å²) in [7, 11) is 0. The van der Waals surface area contributed by atoms with Crippen molar-refractivity contribution in [3.63, 3.8) is 0 Å². The molecule has 0 saturated heterocycles. The Morgan fingerprint density at radius 2 is 0.972 bits per heavy atom. The Kier molecular flexibility index (Phi) is 9.11. The fraction of sp³-hybridized carbons (Fsp3) is 0.143. The molecule has 4 rings (SSSR count). The first-order valence-electron chi connectivity index (χ1n) is 11.5. The predicted octanol–water partition coefficient (Wildman–Crippen LogP) is 5.88. The van der Waals surface area contributed by atoms with Gasteiger partial charge in [-0.2, -0.15) is 0 Å². The first-order chi connectivity index (χ1) is 17.5. The molecule has 8 nitrogen and oxygen atoms in total. The van der Waals surface area contributed by atoms with Crippen molar-refractivity contribution in [1.82, 2.24) is 9.97 Å². The molecule has 0 saturated carbocycles. The van der Waals surface area contributed by atoms with Crippen molar-refractivity contribution >= 4 is 34.9 Å². The van der Waals surface area contributed by atoms with Gasteiger partial charge < -0.3 is 20.0 Å². The van der Waals surface area contributed by atoms with Crippen LogP contribution < -0.4 is 9.80 Å². The minimum absolute atomic E-state index is 0.211. The lowest BCUT2D eigenvalue weighted by molar-refractivity contribution is 0.0686. The molecule has 2 heterocycles. The monoisotopic (exact) mass is 484 g/mol. The zero-order chi connectivity index (χ0) is 25.9. The van der Waals surface area contributed by atoms with Crippen LogP contribution in [0.25, 0.3) is 0 Å². The quantitative estimate of drug-likeness (QED) is 0.319. The molecular formula is C28H28N4O4. The Hall–Kier alpha value is -4.72. The highest BCUT2D eigenvalue weighted by Crippen LogP contribution is 2.27. The van der Waals surface area contributed by atoms with E-state index in [1.54, 1.807) is 36.7 Å². The predicted molar refractivity (Wildman–Crippen MR) is 141 cm³/mol. The topological polar surface area (TPSA) is 107 Å². The number of carboxylic acids is 2. The summed E-state index contributed by atoms with van der Waals surface area (Å²) in [6.07, 6.45) is 3.21. The van der Waals surface area contributed by atoms with E-state index in [4.69, 9.17) is 0 Å². The molecule has 0 atom stereocenters. The average molecular weight is 485 g/mol. The number of hydrogen-bond acceptors (Lipinski definition) is 6. The summed E-state index contributed by atoms with van der Waals surface area (Å²) in [6, 6.07) is 25.7. The molecule has 0 radical (unpaired) electrons. The van der Waals surface area contributed by atoms with E-state index < -0.39 is 11.9 Å². The maximum absolute atomic E-state index is 11.2. The van der Waals surface area contributed by atoms with Gasteiger partial charge in [0.2, 0.25) is 0 Å². The number of carboxylic acid groups (broad SMARTS) is 2. The molecule has 2 N–H and O–H groups in total. The van der Waals surface area contributed by atoms with Gasteiger partial charge in [0.25, 0.3) is 0 Å². The van der Waals surface area contributed by atoms with E-state index in [0.717, 1.165) is 11.4 Å². The molecule has 0 spiro atoms. The summed E-state index contributed by atoms with van der Waals surface area (Å²) in [5.41, 5.74) is 2.29. The molecule has 36 heavy (non-hydrogen) atoms. The van der Waals surface area contributed by atoms with Crippen molar-refractivity contribution in [1.29, 1.82) is 0 Å². The number of anilines is 4. The molecule has 2 aromatic carbocycles. The van der Waals surface area contributed by atoms with Crippen molar-refractivity contribution in [3.05, 3.63) is 108 Å². The van der Waals surface area contributed by atoms with Crippen LogP contribution in [0.15, 0.2) is 97.3 Å². The number of aromatic carboxylic acids is 2. The molecule has 0 unspecified atom stereocenters. The summed E-state index contributed by atoms with van der Waals surface area (Å²) in [6.45, 7) is 5.24. The second-order valence-electron chi connectivity index (χ2n) is 7.52. The number of aromatic nitrogens is 2. The number of nitrogens with zero attached hydrogens (tertiary/aromatic N) is 4. The minimum atomic E-state index is -0.965. The number of benzene rings is 2. The number of rotatable bonds is 8. The third-order valence-corrected chi connectivity index (χ3v) is 5.31. The van der Waals surface area contributed by atoms with Gasteiger partial charge in [0.1, 0.15) is 22.8 Å². The number of carbonyl (C=O) groups is 2. The van der Waals surface area contributed by atoms with Crippen molar-refractivity contribution in [2.24, 2.45) is 0 Å². The van der Waals surface area contributed by atoms with E-state index in [0.29, 0.717) is 24.7 Å². The molecule has 184 valence electrons. The van der Waals surface area contributed by atoms with Gasteiger partial charge >= 0.3 is 11.9 Å². The van der Waals surface area contributed by atoms with E-state index >= 15 is 0 Å². The van der Waals surface area contributed by atoms with Crippen LogP contribution in [0, 0.1) is 0 Å². The summed E-state index contributed by atoms with van der Waals surface area (Å²) in [5.74, 6) is -0.989. The van der Waals surface area contributed by atoms with E-state index in [2.05, 4.69) is 9.97 Å². The lowest BCUT2D eigenvalue weighted by Crippen LogP contribution is -2.20. The van der Waals surface area contributed by atoms with Gasteiger partial charge in [0.15, 0.2) is 0 Å². The van der Waals surface area contributed by atoms with Crippen LogP contribution in [0.1, 0.15) is 34.6 Å². The van der Waals surface area contributed by atoms with Gasteiger partial charge in [-0.15, -0.1) is 0 Å². The van der Waals surface area contributed by atoms with Gasteiger partial charge in [-0.3, -0.25) is 0 Å². The third-order valence-electron chi connectivity index (χ3n) is 5.31. The van der Waals surface area contributed by atoms with E-state index in [-0.39, 0.29) is 11.1 Å². The van der Waals surface area contributed by atoms with Crippen LogP contribution in [0.2, 0.25) is 0 Å². The Labute approximate surface area is 210 Å². The van der Waals surface area contributed by atoms with Crippen LogP contribution in [-0.4, -0.2) is 45.2 Å². The van der Waals surface area contributed by atoms with E-state index in [9.17, 15) is 19.8 Å². The Morgan fingerprint density at radius 1 is 0.611 bits per heavy atom. The fourth-order valence-corrected chi connectivity index (χ4v) is 3.68. The van der Waals surface area contributed by atoms with Crippen LogP contribution in [0.5, 0.6) is 0 Å². The lowest BCUT2D eigenvalue weighted by Gasteiger charge is -2.23. The average Bonchev–Trinajstić information content (AvgIpc) is 2.92. The van der Waals surface area contributed by atoms with Crippen LogP contribution in [0.3, 0.4) is 0 Å². The van der Waals surface area contributed by atoms with Crippen LogP contribution in [-0.2, 0) is 0 Å². The molecule has 0 aliphatic rings. The molecule has 0 amide bonds. The number of para-hydroxylation sites is 2. The molecule has 0 aliphatic heterocycles. The maximum atomic E-state index is 11.2. The Bertz CT molecular complexity index is 1180. The fourth-order valence-electron chi connectivity index (χ4n) is 3.68. The second-order valence-corrected chi connectivity index (χ2v) is 7.52. The minimum Gasteiger partial charge on any atom is -0.478 e. The van der Waals surface area contributed by atoms with Crippen molar-refractivity contribution in [3.8, 4) is 0 Å². The number of hydrogen-bond donors (Lipinski definition) is 2. The largest absolute Gasteiger partial charge is 0.478 e. The maximum Gasteiger partial charge on any atom is 0.339 e. The molecule has 4 aromatic rings. The van der Waals surface area contributed by atoms with Crippen LogP contribution in [0.4, 0.5) is 23.0 Å². The summed E-state index contributed by atoms with van der Waals surface area (Å²) in [4.78, 5) is 34.6. The molecule has 2 aromatic heterocycles. The molecular weight excluding hydrogens is 456 g/mol. The van der Waals surface area contributed by atoms with E-state index in [1.165, 1.54) is 0 Å². The zero-order valence-corrected chi connectivity index (χ0v) is 20.2. The Balaban J connectivity index is 0.000000201. The standard InChI is InChI=1S/2C14H14N2O2/c2*1-2-16(11-7-4-3-5-8-11)13-12(14(17)18)9-6-10-15-13/h2*3-10H,2H2,1H3,(H,17,18). The van der Waals surface area contributed by atoms with Gasteiger partial charge in [-0.25, -0.2) is 19.6 Å². The first kappa shape index (κ1) is 25.9. The molecule has 0 aliphatic carbocycles. The van der Waals surface area contributed by atoms with Gasteiger partial charge in [-0.1, -0.05) is 36.4 Å². The zero-order valence-electron chi connectivity index (χ0n) is 20.2. The lowest BCUT2D eigenvalue weighted by atomic mass is 10.2. The van der Waals surface area contributed by atoms with Crippen molar-refractivity contribution < 1.29 is 19.8 Å². The Morgan fingerprint density at radius 3 is 1.28 bits per heavy atom. The molecule has 0 bridgehead atoms. The van der Waals surface area contributed by atoms with Crippen molar-refractivity contribution in [2.75, 3.05) is 22.9 Å². The highest BCUT2D eigenvalue weighted by atomic mass is 16.4. The van der Waals surface area contributed by atoms with Crippen molar-refractivity contribution in [2.45, 2.75) is 13.8 Å². The molecule has 0 fully saturated rings. The summed E-state index contributed by atoms with van der Waals surface area (Å²) >= 11 is 0. The van der Waals surface area contributed by atoms with Gasteiger partial charge in [0, 0.05) is 36.9 Å².